The highest BCUT2D eigenvalue weighted by atomic mass is 35.5. The fraction of sp³-hybridized carbons (Fsp3) is 0.231. The van der Waals surface area contributed by atoms with E-state index in [0.29, 0.717) is 22.0 Å². The summed E-state index contributed by atoms with van der Waals surface area (Å²) in [6.07, 6.45) is 0. The first-order chi connectivity index (χ1) is 15.7. The van der Waals surface area contributed by atoms with Gasteiger partial charge in [0.2, 0.25) is 0 Å². The van der Waals surface area contributed by atoms with Gasteiger partial charge in [0.15, 0.2) is 0 Å². The topological polar surface area (TPSA) is 66.8 Å². The maximum atomic E-state index is 13.3. The van der Waals surface area contributed by atoms with E-state index >= 15 is 0 Å². The van der Waals surface area contributed by atoms with Gasteiger partial charge in [0.1, 0.15) is 17.6 Å². The molecule has 1 atom stereocenters. The monoisotopic (exact) mass is 481 g/mol. The normalized spacial score (nSPS) is 17.8. The smallest absolute Gasteiger partial charge is 0.300 e. The molecule has 0 aliphatic carbocycles. The minimum atomic E-state index is -0.758. The van der Waals surface area contributed by atoms with Crippen LogP contribution in [-0.4, -0.2) is 23.9 Å². The van der Waals surface area contributed by atoms with Gasteiger partial charge in [-0.25, -0.2) is 0 Å². The van der Waals surface area contributed by atoms with E-state index < -0.39 is 17.7 Å². The van der Waals surface area contributed by atoms with E-state index in [0.717, 1.165) is 16.0 Å². The summed E-state index contributed by atoms with van der Waals surface area (Å²) in [6.45, 7) is 5.90. The lowest BCUT2D eigenvalue weighted by molar-refractivity contribution is -0.132. The van der Waals surface area contributed by atoms with Crippen LogP contribution in [0.15, 0.2) is 59.5 Å². The fourth-order valence-corrected chi connectivity index (χ4v) is 5.12. The quantitative estimate of drug-likeness (QED) is 0.257. The minimum absolute atomic E-state index is 0.0571. The summed E-state index contributed by atoms with van der Waals surface area (Å²) in [7, 11) is 1.59. The van der Waals surface area contributed by atoms with Gasteiger partial charge < -0.3 is 9.84 Å². The van der Waals surface area contributed by atoms with Crippen LogP contribution in [0, 0.1) is 6.92 Å². The van der Waals surface area contributed by atoms with Gasteiger partial charge in [0.05, 0.1) is 12.7 Å². The van der Waals surface area contributed by atoms with Crippen molar-refractivity contribution in [3.05, 3.63) is 86.1 Å². The number of ketones is 1. The molecule has 1 amide bonds. The van der Waals surface area contributed by atoms with E-state index in [-0.39, 0.29) is 17.3 Å². The number of aliphatic hydroxyl groups is 1. The third-order valence-electron chi connectivity index (χ3n) is 5.81. The number of carbonyl (C=O) groups is 2. The number of benzene rings is 2. The number of amides is 1. The molecule has 1 fully saturated rings. The van der Waals surface area contributed by atoms with E-state index in [2.05, 4.69) is 0 Å². The van der Waals surface area contributed by atoms with Crippen molar-refractivity contribution in [2.45, 2.75) is 32.7 Å². The van der Waals surface area contributed by atoms with Crippen molar-refractivity contribution in [1.82, 2.24) is 0 Å². The Hall–Kier alpha value is -3.09. The van der Waals surface area contributed by atoms with Crippen LogP contribution < -0.4 is 9.64 Å². The standard InChI is InChI=1S/C26H24ClNO4S/c1-14(2)18-12-16(8-10-20(18)32-4)24(29)22-23(21-6-5-11-33-21)28(26(31)25(22)30)19-13-17(27)9-7-15(19)3/h5-14,23,29H,1-4H3/b24-22-. The van der Waals surface area contributed by atoms with E-state index in [1.165, 1.54) is 16.2 Å². The van der Waals surface area contributed by atoms with Crippen LogP contribution in [0.5, 0.6) is 5.75 Å². The first-order valence-corrected chi connectivity index (χ1v) is 11.8. The predicted molar refractivity (Wildman–Crippen MR) is 132 cm³/mol. The molecule has 1 saturated heterocycles. The molecule has 0 bridgehead atoms. The summed E-state index contributed by atoms with van der Waals surface area (Å²) < 4.78 is 5.45. The molecule has 4 rings (SSSR count). The SMILES string of the molecule is COc1ccc(/C(O)=C2/C(=O)C(=O)N(c3cc(Cl)ccc3C)C2c2cccs2)cc1C(C)C. The number of carbonyl (C=O) groups excluding carboxylic acids is 2. The molecule has 1 aliphatic heterocycles. The van der Waals surface area contributed by atoms with Gasteiger partial charge in [-0.1, -0.05) is 37.6 Å². The maximum Gasteiger partial charge on any atom is 0.300 e. The molecule has 33 heavy (non-hydrogen) atoms. The molecule has 7 heteroatoms. The number of Topliss-reactive ketones (excluding diaryl/α,β-unsaturated/α-hetero) is 1. The minimum Gasteiger partial charge on any atom is -0.507 e. The number of halogens is 1. The van der Waals surface area contributed by atoms with Crippen molar-refractivity contribution in [3.8, 4) is 5.75 Å². The Morgan fingerprint density at radius 1 is 1.15 bits per heavy atom. The second-order valence-corrected chi connectivity index (χ2v) is 9.64. The van der Waals surface area contributed by atoms with Crippen LogP contribution >= 0.6 is 22.9 Å². The lowest BCUT2D eigenvalue weighted by atomic mass is 9.95. The number of aliphatic hydroxyl groups excluding tert-OH is 1. The molecule has 1 aromatic heterocycles. The molecule has 1 unspecified atom stereocenters. The first-order valence-electron chi connectivity index (χ1n) is 10.5. The van der Waals surface area contributed by atoms with Crippen LogP contribution in [0.25, 0.3) is 5.76 Å². The summed E-state index contributed by atoms with van der Waals surface area (Å²) in [5, 5.41) is 13.7. The second kappa shape index (κ2) is 9.04. The maximum absolute atomic E-state index is 13.3. The lowest BCUT2D eigenvalue weighted by Gasteiger charge is -2.26. The zero-order valence-electron chi connectivity index (χ0n) is 18.8. The van der Waals surface area contributed by atoms with Crippen molar-refractivity contribution in [3.63, 3.8) is 0 Å². The average Bonchev–Trinajstić information content (AvgIpc) is 3.41. The van der Waals surface area contributed by atoms with E-state index in [4.69, 9.17) is 16.3 Å². The molecule has 5 nitrogen and oxygen atoms in total. The van der Waals surface area contributed by atoms with Crippen molar-refractivity contribution >= 4 is 46.1 Å². The molecule has 170 valence electrons. The van der Waals surface area contributed by atoms with E-state index in [9.17, 15) is 14.7 Å². The number of rotatable bonds is 5. The van der Waals surface area contributed by atoms with Crippen molar-refractivity contribution in [1.29, 1.82) is 0 Å². The summed E-state index contributed by atoms with van der Waals surface area (Å²) in [5.41, 5.74) is 2.76. The van der Waals surface area contributed by atoms with Crippen molar-refractivity contribution < 1.29 is 19.4 Å². The Bertz CT molecular complexity index is 1260. The highest BCUT2D eigenvalue weighted by Crippen LogP contribution is 2.45. The number of aryl methyl sites for hydroxylation is 1. The van der Waals surface area contributed by atoms with Gasteiger partial charge in [0.25, 0.3) is 11.7 Å². The van der Waals surface area contributed by atoms with Crippen LogP contribution in [0.1, 0.15) is 47.4 Å². The number of thiophene rings is 1. The summed E-state index contributed by atoms with van der Waals surface area (Å²) >= 11 is 7.65. The Morgan fingerprint density at radius 2 is 1.91 bits per heavy atom. The van der Waals surface area contributed by atoms with Crippen LogP contribution in [0.3, 0.4) is 0 Å². The largest absolute Gasteiger partial charge is 0.507 e. The third-order valence-corrected chi connectivity index (χ3v) is 6.97. The molecular weight excluding hydrogens is 458 g/mol. The Morgan fingerprint density at radius 3 is 2.55 bits per heavy atom. The van der Waals surface area contributed by atoms with E-state index in [1.54, 1.807) is 37.4 Å². The Balaban J connectivity index is 1.95. The predicted octanol–water partition coefficient (Wildman–Crippen LogP) is 6.47. The molecule has 2 heterocycles. The zero-order chi connectivity index (χ0) is 23.9. The van der Waals surface area contributed by atoms with Gasteiger partial charge in [0, 0.05) is 21.2 Å². The molecule has 1 aliphatic rings. The number of nitrogens with zero attached hydrogens (tertiary/aromatic N) is 1. The van der Waals surface area contributed by atoms with Crippen molar-refractivity contribution in [2.24, 2.45) is 0 Å². The van der Waals surface area contributed by atoms with E-state index in [1.807, 2.05) is 44.4 Å². The van der Waals surface area contributed by atoms with Crippen LogP contribution in [0.2, 0.25) is 5.02 Å². The Labute approximate surface area is 201 Å². The third kappa shape index (κ3) is 4.05. The highest BCUT2D eigenvalue weighted by molar-refractivity contribution is 7.10. The molecular formula is C26H24ClNO4S. The van der Waals surface area contributed by atoms with Crippen LogP contribution in [0.4, 0.5) is 5.69 Å². The number of anilines is 1. The summed E-state index contributed by atoms with van der Waals surface area (Å²) in [5.74, 6) is -0.799. The van der Waals surface area contributed by atoms with Gasteiger partial charge in [-0.3, -0.25) is 14.5 Å². The van der Waals surface area contributed by atoms with Crippen LogP contribution in [-0.2, 0) is 9.59 Å². The molecule has 2 aromatic carbocycles. The Kier molecular flexibility index (Phi) is 6.32. The highest BCUT2D eigenvalue weighted by Gasteiger charge is 2.47. The number of hydrogen-bond acceptors (Lipinski definition) is 5. The van der Waals surface area contributed by atoms with Gasteiger partial charge in [-0.2, -0.15) is 0 Å². The second-order valence-electron chi connectivity index (χ2n) is 8.23. The summed E-state index contributed by atoms with van der Waals surface area (Å²) in [6, 6.07) is 13.4. The molecule has 0 saturated carbocycles. The molecule has 1 N–H and O–H groups in total. The first kappa shape index (κ1) is 23.1. The zero-order valence-corrected chi connectivity index (χ0v) is 20.3. The molecule has 3 aromatic rings. The van der Waals surface area contributed by atoms with Gasteiger partial charge in [-0.15, -0.1) is 11.3 Å². The average molecular weight is 482 g/mol. The number of methoxy groups -OCH3 is 1. The molecule has 0 spiro atoms. The summed E-state index contributed by atoms with van der Waals surface area (Å²) in [4.78, 5) is 28.8. The lowest BCUT2D eigenvalue weighted by Crippen LogP contribution is -2.29. The van der Waals surface area contributed by atoms with Gasteiger partial charge >= 0.3 is 0 Å². The van der Waals surface area contributed by atoms with Gasteiger partial charge in [-0.05, 0) is 65.7 Å². The number of hydrogen-bond donors (Lipinski definition) is 1. The fourth-order valence-electron chi connectivity index (χ4n) is 4.13. The van der Waals surface area contributed by atoms with Crippen molar-refractivity contribution in [2.75, 3.05) is 12.0 Å². The molecule has 0 radical (unpaired) electrons. The number of ether oxygens (including phenoxy) is 1.